The number of nitrogens with zero attached hydrogens (tertiary/aromatic N) is 2. The molecule has 0 aliphatic carbocycles. The molecule has 0 amide bonds. The number of carboxylic acids is 1. The predicted octanol–water partition coefficient (Wildman–Crippen LogP) is 5.21. The highest BCUT2D eigenvalue weighted by molar-refractivity contribution is 6.34. The second-order valence-electron chi connectivity index (χ2n) is 7.12. The van der Waals surface area contributed by atoms with Crippen LogP contribution in [0.4, 0.5) is 5.69 Å². The number of carbonyl (C=O) groups is 1. The van der Waals surface area contributed by atoms with Gasteiger partial charge in [-0.15, -0.1) is 0 Å². The Kier molecular flexibility index (Phi) is 4.40. The molecule has 2 aromatic carbocycles. The molecule has 0 saturated heterocycles. The molecule has 0 unspecified atom stereocenters. The van der Waals surface area contributed by atoms with Gasteiger partial charge in [0.2, 0.25) is 0 Å². The second kappa shape index (κ2) is 6.77. The number of carboxylic acid groups (broad SMARTS) is 1. The highest BCUT2D eigenvalue weighted by Gasteiger charge is 2.30. The number of fused-ring (bicyclic) bond motifs is 1. The first kappa shape index (κ1) is 18.2. The lowest BCUT2D eigenvalue weighted by Crippen LogP contribution is -2.30. The van der Waals surface area contributed by atoms with Crippen molar-refractivity contribution in [2.24, 2.45) is 4.99 Å². The van der Waals surface area contributed by atoms with Crippen LogP contribution >= 0.6 is 11.6 Å². The van der Waals surface area contributed by atoms with Crippen molar-refractivity contribution in [3.8, 4) is 11.1 Å². The number of rotatable bonds is 3. The van der Waals surface area contributed by atoms with Gasteiger partial charge in [-0.3, -0.25) is 9.98 Å². The van der Waals surface area contributed by atoms with Gasteiger partial charge in [-0.05, 0) is 43.7 Å². The number of amidine groups is 1. The molecule has 0 atom stereocenters. The van der Waals surface area contributed by atoms with E-state index in [-0.39, 0.29) is 5.56 Å². The van der Waals surface area contributed by atoms with Crippen molar-refractivity contribution < 1.29 is 9.90 Å². The molecule has 1 aliphatic heterocycles. The lowest BCUT2D eigenvalue weighted by Gasteiger charge is -2.31. The van der Waals surface area contributed by atoms with Crippen molar-refractivity contribution in [3.63, 3.8) is 0 Å². The van der Waals surface area contributed by atoms with Gasteiger partial charge in [0.1, 0.15) is 5.69 Å². The molecule has 6 heteroatoms. The van der Waals surface area contributed by atoms with Crippen LogP contribution in [-0.4, -0.2) is 21.9 Å². The molecule has 0 bridgehead atoms. The normalized spacial score (nSPS) is 14.6. The minimum Gasteiger partial charge on any atom is -0.478 e. The number of anilines is 1. The van der Waals surface area contributed by atoms with Crippen LogP contribution in [0.1, 0.15) is 35.5 Å². The third kappa shape index (κ3) is 3.25. The monoisotopic (exact) mass is 391 g/mol. The molecular formula is C22H18ClN3O2. The van der Waals surface area contributed by atoms with Gasteiger partial charge >= 0.3 is 5.97 Å². The topological polar surface area (TPSA) is 74.6 Å². The highest BCUT2D eigenvalue weighted by atomic mass is 35.5. The number of hydrogen-bond donors (Lipinski definition) is 2. The number of benzene rings is 2. The molecule has 28 heavy (non-hydrogen) atoms. The summed E-state index contributed by atoms with van der Waals surface area (Å²) in [7, 11) is 0. The zero-order chi connectivity index (χ0) is 19.9. The Morgan fingerprint density at radius 2 is 1.75 bits per heavy atom. The van der Waals surface area contributed by atoms with Crippen molar-refractivity contribution in [2.45, 2.75) is 19.4 Å². The fourth-order valence-electron chi connectivity index (χ4n) is 3.28. The molecule has 140 valence electrons. The molecule has 1 aliphatic rings. The molecule has 2 heterocycles. The Hall–Kier alpha value is -3.18. The summed E-state index contributed by atoms with van der Waals surface area (Å²) >= 11 is 6.38. The van der Waals surface area contributed by atoms with E-state index in [2.05, 4.69) is 10.3 Å². The van der Waals surface area contributed by atoms with Gasteiger partial charge in [-0.25, -0.2) is 4.79 Å². The molecular weight excluding hydrogens is 374 g/mol. The molecule has 0 spiro atoms. The Labute approximate surface area is 167 Å². The maximum atomic E-state index is 11.0. The van der Waals surface area contributed by atoms with Crippen LogP contribution in [0.3, 0.4) is 0 Å². The van der Waals surface area contributed by atoms with E-state index in [0.29, 0.717) is 16.6 Å². The SMILES string of the molecule is CC1(C)N=C(c2ccc(-c3ccc(C(=O)O)cc3)cn2)Nc2c(Cl)cccc21. The Morgan fingerprint density at radius 3 is 2.39 bits per heavy atom. The average Bonchev–Trinajstić information content (AvgIpc) is 2.68. The van der Waals surface area contributed by atoms with Crippen molar-refractivity contribution in [1.29, 1.82) is 0 Å². The summed E-state index contributed by atoms with van der Waals surface area (Å²) in [5.74, 6) is -0.277. The van der Waals surface area contributed by atoms with E-state index in [4.69, 9.17) is 21.7 Å². The smallest absolute Gasteiger partial charge is 0.335 e. The van der Waals surface area contributed by atoms with Crippen LogP contribution in [-0.2, 0) is 5.54 Å². The van der Waals surface area contributed by atoms with Gasteiger partial charge in [-0.1, -0.05) is 41.9 Å². The number of halogens is 1. The molecule has 0 fully saturated rings. The summed E-state index contributed by atoms with van der Waals surface area (Å²) in [5.41, 5.74) is 4.24. The number of para-hydroxylation sites is 1. The van der Waals surface area contributed by atoms with Gasteiger partial charge in [0.15, 0.2) is 5.84 Å². The quantitative estimate of drug-likeness (QED) is 0.642. The third-order valence-corrected chi connectivity index (χ3v) is 5.09. The summed E-state index contributed by atoms with van der Waals surface area (Å²) in [6, 6.07) is 16.3. The zero-order valence-electron chi connectivity index (χ0n) is 15.4. The van der Waals surface area contributed by atoms with Crippen LogP contribution in [0, 0.1) is 0 Å². The molecule has 1 aromatic heterocycles. The van der Waals surface area contributed by atoms with Crippen molar-refractivity contribution in [3.05, 3.63) is 82.6 Å². The zero-order valence-corrected chi connectivity index (χ0v) is 16.2. The predicted molar refractivity (Wildman–Crippen MR) is 111 cm³/mol. The van der Waals surface area contributed by atoms with E-state index in [1.54, 1.807) is 30.5 Å². The Morgan fingerprint density at radius 1 is 1.04 bits per heavy atom. The number of pyridine rings is 1. The molecule has 0 saturated carbocycles. The maximum Gasteiger partial charge on any atom is 0.335 e. The Balaban J connectivity index is 1.65. The molecule has 2 N–H and O–H groups in total. The molecule has 5 nitrogen and oxygen atoms in total. The van der Waals surface area contributed by atoms with Crippen LogP contribution < -0.4 is 5.32 Å². The first-order chi connectivity index (χ1) is 13.3. The van der Waals surface area contributed by atoms with E-state index >= 15 is 0 Å². The summed E-state index contributed by atoms with van der Waals surface area (Å²) in [5, 5.41) is 13.0. The first-order valence-corrected chi connectivity index (χ1v) is 9.19. The minimum absolute atomic E-state index is 0.256. The van der Waals surface area contributed by atoms with Crippen LogP contribution in [0.2, 0.25) is 5.02 Å². The lowest BCUT2D eigenvalue weighted by molar-refractivity contribution is 0.0697. The number of hydrogen-bond acceptors (Lipinski definition) is 4. The average molecular weight is 392 g/mol. The van der Waals surface area contributed by atoms with Crippen molar-refractivity contribution >= 4 is 29.1 Å². The number of aromatic nitrogens is 1. The van der Waals surface area contributed by atoms with Crippen LogP contribution in [0.5, 0.6) is 0 Å². The molecule has 4 rings (SSSR count). The standard InChI is InChI=1S/C22H18ClN3O2/c1-22(2)16-4-3-5-17(23)19(16)25-20(26-22)18-11-10-15(12-24-18)13-6-8-14(9-7-13)21(27)28/h3-12H,1-2H3,(H,25,26)(H,27,28). The lowest BCUT2D eigenvalue weighted by atomic mass is 9.91. The van der Waals surface area contributed by atoms with Crippen molar-refractivity contribution in [2.75, 3.05) is 5.32 Å². The van der Waals surface area contributed by atoms with E-state index in [1.165, 1.54) is 0 Å². The van der Waals surface area contributed by atoms with E-state index in [1.807, 2.05) is 44.2 Å². The van der Waals surface area contributed by atoms with E-state index < -0.39 is 11.5 Å². The number of aromatic carboxylic acids is 1. The number of nitrogens with one attached hydrogen (secondary N) is 1. The van der Waals surface area contributed by atoms with E-state index in [9.17, 15) is 4.79 Å². The Bertz CT molecular complexity index is 1090. The maximum absolute atomic E-state index is 11.0. The third-order valence-electron chi connectivity index (χ3n) is 4.78. The highest BCUT2D eigenvalue weighted by Crippen LogP contribution is 2.39. The fraction of sp³-hybridized carbons (Fsp3) is 0.136. The van der Waals surface area contributed by atoms with Gasteiger partial charge in [0, 0.05) is 17.3 Å². The molecule has 3 aromatic rings. The fourth-order valence-corrected chi connectivity index (χ4v) is 3.50. The van der Waals surface area contributed by atoms with Gasteiger partial charge in [0.25, 0.3) is 0 Å². The van der Waals surface area contributed by atoms with Gasteiger partial charge < -0.3 is 10.4 Å². The summed E-state index contributed by atoms with van der Waals surface area (Å²) in [4.78, 5) is 20.4. The van der Waals surface area contributed by atoms with Crippen LogP contribution in [0.15, 0.2) is 65.8 Å². The van der Waals surface area contributed by atoms with Crippen LogP contribution in [0.25, 0.3) is 11.1 Å². The minimum atomic E-state index is -0.942. The van der Waals surface area contributed by atoms with Crippen molar-refractivity contribution in [1.82, 2.24) is 4.98 Å². The number of aliphatic imine (C=N–C) groups is 1. The summed E-state index contributed by atoms with van der Waals surface area (Å²) in [6.07, 6.45) is 1.75. The first-order valence-electron chi connectivity index (χ1n) is 8.81. The second-order valence-corrected chi connectivity index (χ2v) is 7.53. The largest absolute Gasteiger partial charge is 0.478 e. The molecule has 0 radical (unpaired) electrons. The van der Waals surface area contributed by atoms with Gasteiger partial charge in [0.05, 0.1) is 21.8 Å². The van der Waals surface area contributed by atoms with E-state index in [0.717, 1.165) is 22.4 Å². The van der Waals surface area contributed by atoms with Gasteiger partial charge in [-0.2, -0.15) is 0 Å². The summed E-state index contributed by atoms with van der Waals surface area (Å²) < 4.78 is 0. The summed E-state index contributed by atoms with van der Waals surface area (Å²) in [6.45, 7) is 4.09.